The number of nitrogens with one attached hydrogen (secondary N) is 1. The molecule has 2 rings (SSSR count). The van der Waals surface area contributed by atoms with Gasteiger partial charge in [0.05, 0.1) is 0 Å². The third kappa shape index (κ3) is 2.71. The smallest absolute Gasteiger partial charge is 0.326 e. The van der Waals surface area contributed by atoms with Crippen LogP contribution in [0.5, 0.6) is 0 Å². The van der Waals surface area contributed by atoms with Crippen LogP contribution in [0.15, 0.2) is 0 Å². The van der Waals surface area contributed by atoms with Gasteiger partial charge in [0, 0.05) is 0 Å². The van der Waals surface area contributed by atoms with Crippen LogP contribution in [0, 0.1) is 11.8 Å². The lowest BCUT2D eigenvalue weighted by Crippen LogP contribution is -2.49. The fourth-order valence-electron chi connectivity index (χ4n) is 3.30. The number of carbonyl (C=O) groups excluding carboxylic acids is 1. The van der Waals surface area contributed by atoms with Gasteiger partial charge in [-0.15, -0.1) is 0 Å². The van der Waals surface area contributed by atoms with Crippen LogP contribution in [0.25, 0.3) is 0 Å². The molecule has 0 bridgehead atoms. The Bertz CT molecular complexity index is 297. The molecule has 1 heterocycles. The van der Waals surface area contributed by atoms with Gasteiger partial charge in [0.25, 0.3) is 0 Å². The first-order valence-corrected chi connectivity index (χ1v) is 7.53. The summed E-state index contributed by atoms with van der Waals surface area (Å²) in [5.74, 6) is 1.43. The second-order valence-electron chi connectivity index (χ2n) is 6.26. The third-order valence-electron chi connectivity index (χ3n) is 5.06. The minimum absolute atomic E-state index is 0.00532. The Balaban J connectivity index is 1.91. The van der Waals surface area contributed by atoms with E-state index in [2.05, 4.69) is 26.1 Å². The van der Waals surface area contributed by atoms with Gasteiger partial charge in [-0.1, -0.05) is 20.8 Å². The molecule has 0 aromatic heterocycles. The molecular weight excluding hydrogens is 226 g/mol. The van der Waals surface area contributed by atoms with E-state index in [4.69, 9.17) is 4.74 Å². The summed E-state index contributed by atoms with van der Waals surface area (Å²) in [5.41, 5.74) is -0.383. The molecule has 3 nitrogen and oxygen atoms in total. The van der Waals surface area contributed by atoms with Crippen molar-refractivity contribution < 1.29 is 9.53 Å². The average Bonchev–Trinajstić information content (AvgIpc) is 2.84. The normalized spacial score (nSPS) is 40.7. The van der Waals surface area contributed by atoms with Gasteiger partial charge in [-0.2, -0.15) is 0 Å². The first-order chi connectivity index (χ1) is 8.57. The van der Waals surface area contributed by atoms with Gasteiger partial charge < -0.3 is 10.1 Å². The molecule has 0 radical (unpaired) electrons. The van der Waals surface area contributed by atoms with Crippen molar-refractivity contribution in [2.45, 2.75) is 70.9 Å². The highest BCUT2D eigenvalue weighted by Crippen LogP contribution is 2.33. The van der Waals surface area contributed by atoms with Crippen molar-refractivity contribution in [3.05, 3.63) is 0 Å². The van der Waals surface area contributed by atoms with E-state index in [1.165, 1.54) is 6.42 Å². The fraction of sp³-hybridized carbons (Fsp3) is 0.933. The Morgan fingerprint density at radius 3 is 2.67 bits per heavy atom. The summed E-state index contributed by atoms with van der Waals surface area (Å²) in [6.07, 6.45) is 6.26. The number of hydrogen-bond acceptors (Lipinski definition) is 3. The summed E-state index contributed by atoms with van der Waals surface area (Å²) < 4.78 is 5.79. The van der Waals surface area contributed by atoms with Gasteiger partial charge in [-0.05, 0) is 56.9 Å². The van der Waals surface area contributed by atoms with Crippen LogP contribution in [-0.4, -0.2) is 24.2 Å². The summed E-state index contributed by atoms with van der Waals surface area (Å²) in [7, 11) is 0. The zero-order valence-corrected chi connectivity index (χ0v) is 12.0. The molecule has 3 heteroatoms. The molecule has 4 unspecified atom stereocenters. The van der Waals surface area contributed by atoms with E-state index in [1.807, 2.05) is 0 Å². The van der Waals surface area contributed by atoms with E-state index in [0.717, 1.165) is 44.6 Å². The van der Waals surface area contributed by atoms with Crippen molar-refractivity contribution in [2.24, 2.45) is 11.8 Å². The van der Waals surface area contributed by atoms with Crippen LogP contribution in [0.3, 0.4) is 0 Å². The Morgan fingerprint density at radius 2 is 2.11 bits per heavy atom. The van der Waals surface area contributed by atoms with E-state index in [9.17, 15) is 4.79 Å². The topological polar surface area (TPSA) is 38.3 Å². The zero-order valence-electron chi connectivity index (χ0n) is 12.0. The molecule has 1 N–H and O–H groups in total. The minimum Gasteiger partial charge on any atom is -0.461 e. The van der Waals surface area contributed by atoms with Crippen LogP contribution < -0.4 is 5.32 Å². The van der Waals surface area contributed by atoms with E-state index in [1.54, 1.807) is 0 Å². The maximum absolute atomic E-state index is 12.4. The molecule has 0 amide bonds. The van der Waals surface area contributed by atoms with E-state index in [-0.39, 0.29) is 17.6 Å². The molecule has 18 heavy (non-hydrogen) atoms. The van der Waals surface area contributed by atoms with Crippen LogP contribution in [-0.2, 0) is 9.53 Å². The fourth-order valence-corrected chi connectivity index (χ4v) is 3.30. The Labute approximate surface area is 111 Å². The molecule has 104 valence electrons. The largest absolute Gasteiger partial charge is 0.461 e. The van der Waals surface area contributed by atoms with Crippen molar-refractivity contribution in [1.29, 1.82) is 0 Å². The standard InChI is InChI=1S/C15H27NO2/c1-4-15(8-5-9-16-15)14(17)18-13-7-6-11(2)12(3)10-13/h11-13,16H,4-10H2,1-3H3. The van der Waals surface area contributed by atoms with Gasteiger partial charge in [-0.25, -0.2) is 0 Å². The average molecular weight is 253 g/mol. The molecule has 1 saturated heterocycles. The number of rotatable bonds is 3. The second-order valence-corrected chi connectivity index (χ2v) is 6.26. The number of esters is 1. The van der Waals surface area contributed by atoms with Gasteiger partial charge in [0.15, 0.2) is 0 Å². The molecule has 2 aliphatic rings. The highest BCUT2D eigenvalue weighted by atomic mass is 16.5. The quantitative estimate of drug-likeness (QED) is 0.786. The summed E-state index contributed by atoms with van der Waals surface area (Å²) >= 11 is 0. The van der Waals surface area contributed by atoms with Crippen molar-refractivity contribution in [1.82, 2.24) is 5.32 Å². The van der Waals surface area contributed by atoms with Crippen LogP contribution in [0.1, 0.15) is 59.3 Å². The minimum atomic E-state index is -0.383. The highest BCUT2D eigenvalue weighted by Gasteiger charge is 2.42. The van der Waals surface area contributed by atoms with Crippen molar-refractivity contribution >= 4 is 5.97 Å². The predicted octanol–water partition coefficient (Wildman–Crippen LogP) is 2.89. The van der Waals surface area contributed by atoms with Crippen molar-refractivity contribution in [3.63, 3.8) is 0 Å². The van der Waals surface area contributed by atoms with Crippen molar-refractivity contribution in [2.75, 3.05) is 6.54 Å². The Morgan fingerprint density at radius 1 is 1.33 bits per heavy atom. The SMILES string of the molecule is CCC1(C(=O)OC2CCC(C)C(C)C2)CCCN1. The van der Waals surface area contributed by atoms with Crippen LogP contribution in [0.2, 0.25) is 0 Å². The lowest BCUT2D eigenvalue weighted by atomic mass is 9.80. The molecular formula is C15H27NO2. The molecule has 4 atom stereocenters. The second kappa shape index (κ2) is 5.60. The molecule has 0 spiro atoms. The number of hydrogen-bond donors (Lipinski definition) is 1. The third-order valence-corrected chi connectivity index (χ3v) is 5.06. The predicted molar refractivity (Wildman–Crippen MR) is 72.3 cm³/mol. The summed E-state index contributed by atoms with van der Waals surface area (Å²) in [6, 6.07) is 0. The summed E-state index contributed by atoms with van der Waals surface area (Å²) in [6.45, 7) is 7.59. The van der Waals surface area contributed by atoms with Crippen LogP contribution in [0.4, 0.5) is 0 Å². The van der Waals surface area contributed by atoms with E-state index < -0.39 is 0 Å². The molecule has 2 fully saturated rings. The molecule has 0 aromatic carbocycles. The van der Waals surface area contributed by atoms with Gasteiger partial charge in [-0.3, -0.25) is 4.79 Å². The van der Waals surface area contributed by atoms with E-state index >= 15 is 0 Å². The Kier molecular flexibility index (Phi) is 4.31. The molecule has 0 aromatic rings. The maximum atomic E-state index is 12.4. The monoisotopic (exact) mass is 253 g/mol. The van der Waals surface area contributed by atoms with Gasteiger partial charge >= 0.3 is 5.97 Å². The lowest BCUT2D eigenvalue weighted by Gasteiger charge is -2.34. The molecule has 1 aliphatic heterocycles. The molecule has 1 aliphatic carbocycles. The first kappa shape index (κ1) is 13.9. The Hall–Kier alpha value is -0.570. The van der Waals surface area contributed by atoms with Crippen LogP contribution >= 0.6 is 0 Å². The van der Waals surface area contributed by atoms with Gasteiger partial charge in [0.1, 0.15) is 11.6 Å². The maximum Gasteiger partial charge on any atom is 0.326 e. The highest BCUT2D eigenvalue weighted by molar-refractivity contribution is 5.81. The summed E-state index contributed by atoms with van der Waals surface area (Å²) in [5, 5.41) is 3.35. The zero-order chi connectivity index (χ0) is 13.2. The number of carbonyl (C=O) groups is 1. The lowest BCUT2D eigenvalue weighted by molar-refractivity contribution is -0.159. The summed E-state index contributed by atoms with van der Waals surface area (Å²) in [4.78, 5) is 12.4. The van der Waals surface area contributed by atoms with Crippen molar-refractivity contribution in [3.8, 4) is 0 Å². The molecule has 1 saturated carbocycles. The van der Waals surface area contributed by atoms with E-state index in [0.29, 0.717) is 5.92 Å². The first-order valence-electron chi connectivity index (χ1n) is 7.53. The van der Waals surface area contributed by atoms with Gasteiger partial charge in [0.2, 0.25) is 0 Å². The number of ether oxygens (including phenoxy) is 1.